The minimum absolute atomic E-state index is 0.118. The van der Waals surface area contributed by atoms with E-state index in [1.54, 1.807) is 0 Å². The third-order valence-electron chi connectivity index (χ3n) is 7.40. The fraction of sp³-hybridized carbons (Fsp3) is 0.706. The van der Waals surface area contributed by atoms with Gasteiger partial charge in [0.1, 0.15) is 0 Å². The number of carbonyl (C=O) groups is 4. The largest absolute Gasteiger partial charge is 0.352 e. The average molecular weight is 587 g/mol. The van der Waals surface area contributed by atoms with Crippen LogP contribution in [0.25, 0.3) is 0 Å². The molecule has 0 aromatic heterocycles. The summed E-state index contributed by atoms with van der Waals surface area (Å²) in [5, 5.41) is 11.7. The predicted octanol–water partition coefficient (Wildman–Crippen LogP) is 6.93. The van der Waals surface area contributed by atoms with Crippen LogP contribution in [-0.2, 0) is 0 Å². The summed E-state index contributed by atoms with van der Waals surface area (Å²) in [5.74, 6) is -1.64. The molecule has 0 radical (unpaired) electrons. The number of unbranched alkanes of at least 4 members (excludes halogenated alkanes) is 12. The van der Waals surface area contributed by atoms with Gasteiger partial charge in [-0.15, -0.1) is 0 Å². The van der Waals surface area contributed by atoms with Crippen LogP contribution in [0.1, 0.15) is 172 Å². The number of hydrogen-bond donors (Lipinski definition) is 4. The predicted molar refractivity (Wildman–Crippen MR) is 172 cm³/mol. The molecule has 1 rings (SSSR count). The summed E-state index contributed by atoms with van der Waals surface area (Å²) >= 11 is 0. The Morgan fingerprint density at radius 1 is 0.381 bits per heavy atom. The number of nitrogens with one attached hydrogen (secondary N) is 4. The Morgan fingerprint density at radius 3 is 0.786 bits per heavy atom. The lowest BCUT2D eigenvalue weighted by atomic mass is 9.95. The normalized spacial score (nSPS) is 10.8. The zero-order valence-electron chi connectivity index (χ0n) is 26.9. The molecule has 0 aliphatic carbocycles. The molecular formula is C34H58N4O4. The van der Waals surface area contributed by atoms with Gasteiger partial charge < -0.3 is 21.3 Å². The summed E-state index contributed by atoms with van der Waals surface area (Å²) in [6, 6.07) is 2.86. The van der Waals surface area contributed by atoms with E-state index in [1.165, 1.54) is 12.1 Å². The van der Waals surface area contributed by atoms with Gasteiger partial charge in [0.25, 0.3) is 23.6 Å². The molecule has 0 heterocycles. The van der Waals surface area contributed by atoms with Gasteiger partial charge in [-0.05, 0) is 37.8 Å². The molecule has 4 amide bonds. The highest BCUT2D eigenvalue weighted by Crippen LogP contribution is 2.19. The van der Waals surface area contributed by atoms with Crippen molar-refractivity contribution in [1.29, 1.82) is 0 Å². The van der Waals surface area contributed by atoms with E-state index in [-0.39, 0.29) is 22.3 Å². The summed E-state index contributed by atoms with van der Waals surface area (Å²) < 4.78 is 0. The van der Waals surface area contributed by atoms with Crippen LogP contribution < -0.4 is 21.3 Å². The van der Waals surface area contributed by atoms with Gasteiger partial charge in [-0.3, -0.25) is 19.2 Å². The summed E-state index contributed by atoms with van der Waals surface area (Å²) in [6.07, 6.45) is 16.1. The van der Waals surface area contributed by atoms with Crippen molar-refractivity contribution in [3.63, 3.8) is 0 Å². The molecular weight excluding hydrogens is 528 g/mol. The van der Waals surface area contributed by atoms with E-state index in [9.17, 15) is 19.2 Å². The van der Waals surface area contributed by atoms with E-state index in [2.05, 4.69) is 49.0 Å². The Bertz CT molecular complexity index is 801. The first-order valence-electron chi connectivity index (χ1n) is 16.7. The van der Waals surface area contributed by atoms with E-state index >= 15 is 0 Å². The number of benzene rings is 1. The molecule has 0 aliphatic rings. The molecule has 8 nitrogen and oxygen atoms in total. The zero-order chi connectivity index (χ0) is 31.0. The summed E-state index contributed by atoms with van der Waals surface area (Å²) in [7, 11) is 0. The molecule has 8 heteroatoms. The van der Waals surface area contributed by atoms with Gasteiger partial charge in [0.2, 0.25) is 0 Å². The minimum Gasteiger partial charge on any atom is -0.352 e. The number of carbonyl (C=O) groups excluding carboxylic acids is 4. The van der Waals surface area contributed by atoms with Crippen LogP contribution in [0.3, 0.4) is 0 Å². The van der Waals surface area contributed by atoms with Crippen LogP contribution in [0.2, 0.25) is 0 Å². The van der Waals surface area contributed by atoms with Crippen molar-refractivity contribution >= 4 is 23.6 Å². The molecule has 0 atom stereocenters. The first-order chi connectivity index (χ1) is 20.4. The second kappa shape index (κ2) is 23.6. The maximum absolute atomic E-state index is 13.4. The molecule has 42 heavy (non-hydrogen) atoms. The van der Waals surface area contributed by atoms with Gasteiger partial charge in [0.15, 0.2) is 0 Å². The standard InChI is InChI=1S/C34H58N4O4/c1-5-9-13-17-21-35-31(39)27-25-29(33(41)37-23-19-15-11-7-3)30(34(42)38-24-20-16-12-8-4)26-28(27)32(40)36-22-18-14-10-6-2/h25-26H,5-24H2,1-4H3,(H,35,39)(H,36,40)(H,37,41)(H,38,42). The lowest BCUT2D eigenvalue weighted by molar-refractivity contribution is 0.0907. The smallest absolute Gasteiger partial charge is 0.252 e. The van der Waals surface area contributed by atoms with Crippen LogP contribution in [0.5, 0.6) is 0 Å². The molecule has 1 aromatic rings. The van der Waals surface area contributed by atoms with Crippen molar-refractivity contribution in [2.24, 2.45) is 0 Å². The van der Waals surface area contributed by atoms with Crippen LogP contribution in [0, 0.1) is 0 Å². The third kappa shape index (κ3) is 14.8. The van der Waals surface area contributed by atoms with Crippen molar-refractivity contribution in [1.82, 2.24) is 21.3 Å². The molecule has 0 saturated heterocycles. The minimum atomic E-state index is -0.411. The Labute approximate surface area is 254 Å². The average Bonchev–Trinajstić information content (AvgIpc) is 2.99. The van der Waals surface area contributed by atoms with Gasteiger partial charge in [0, 0.05) is 26.2 Å². The second-order valence-corrected chi connectivity index (χ2v) is 11.2. The van der Waals surface area contributed by atoms with E-state index in [0.717, 1.165) is 103 Å². The number of rotatable bonds is 24. The van der Waals surface area contributed by atoms with Gasteiger partial charge in [-0.1, -0.05) is 105 Å². The Hall–Kier alpha value is -2.90. The monoisotopic (exact) mass is 586 g/mol. The lowest BCUT2D eigenvalue weighted by Gasteiger charge is -2.17. The van der Waals surface area contributed by atoms with Crippen LogP contribution in [-0.4, -0.2) is 49.8 Å². The van der Waals surface area contributed by atoms with Crippen molar-refractivity contribution < 1.29 is 19.2 Å². The molecule has 0 aliphatic heterocycles. The second-order valence-electron chi connectivity index (χ2n) is 11.2. The van der Waals surface area contributed by atoms with Crippen molar-refractivity contribution in [2.45, 2.75) is 130 Å². The third-order valence-corrected chi connectivity index (χ3v) is 7.40. The van der Waals surface area contributed by atoms with Gasteiger partial charge in [-0.25, -0.2) is 0 Å². The fourth-order valence-corrected chi connectivity index (χ4v) is 4.75. The topological polar surface area (TPSA) is 116 Å². The van der Waals surface area contributed by atoms with Gasteiger partial charge >= 0.3 is 0 Å². The highest BCUT2D eigenvalue weighted by Gasteiger charge is 2.26. The summed E-state index contributed by atoms with van der Waals surface area (Å²) in [4.78, 5) is 53.4. The molecule has 1 aromatic carbocycles. The van der Waals surface area contributed by atoms with E-state index < -0.39 is 23.6 Å². The molecule has 0 spiro atoms. The molecule has 238 valence electrons. The SMILES string of the molecule is CCCCCCNC(=O)c1cc(C(=O)NCCCCCC)c(C(=O)NCCCCCC)cc1C(=O)NCCCCCC. The fourth-order valence-electron chi connectivity index (χ4n) is 4.75. The number of amides is 4. The first-order valence-corrected chi connectivity index (χ1v) is 16.7. The quantitative estimate of drug-likeness (QED) is 0.0983. The van der Waals surface area contributed by atoms with Crippen LogP contribution in [0.15, 0.2) is 12.1 Å². The number of hydrogen-bond acceptors (Lipinski definition) is 4. The van der Waals surface area contributed by atoms with Crippen LogP contribution >= 0.6 is 0 Å². The maximum atomic E-state index is 13.4. The molecule has 0 fully saturated rings. The lowest BCUT2D eigenvalue weighted by Crippen LogP contribution is -2.34. The van der Waals surface area contributed by atoms with E-state index in [0.29, 0.717) is 26.2 Å². The first kappa shape index (κ1) is 37.1. The Balaban J connectivity index is 3.32. The maximum Gasteiger partial charge on any atom is 0.252 e. The van der Waals surface area contributed by atoms with Gasteiger partial charge in [0.05, 0.1) is 22.3 Å². The van der Waals surface area contributed by atoms with E-state index in [4.69, 9.17) is 0 Å². The Morgan fingerprint density at radius 2 is 0.595 bits per heavy atom. The van der Waals surface area contributed by atoms with Crippen molar-refractivity contribution in [3.8, 4) is 0 Å². The van der Waals surface area contributed by atoms with Crippen molar-refractivity contribution in [3.05, 3.63) is 34.4 Å². The van der Waals surface area contributed by atoms with Crippen molar-refractivity contribution in [2.75, 3.05) is 26.2 Å². The highest BCUT2D eigenvalue weighted by molar-refractivity contribution is 6.14. The molecule has 4 N–H and O–H groups in total. The van der Waals surface area contributed by atoms with Crippen LogP contribution in [0.4, 0.5) is 0 Å². The zero-order valence-corrected chi connectivity index (χ0v) is 26.9. The molecule has 0 unspecified atom stereocenters. The van der Waals surface area contributed by atoms with Gasteiger partial charge in [-0.2, -0.15) is 0 Å². The molecule has 0 bridgehead atoms. The van der Waals surface area contributed by atoms with E-state index in [1.807, 2.05) is 0 Å². The molecule has 0 saturated carbocycles. The summed E-state index contributed by atoms with van der Waals surface area (Å²) in [6.45, 7) is 10.4. The summed E-state index contributed by atoms with van der Waals surface area (Å²) in [5.41, 5.74) is 0.471. The Kier molecular flexibility index (Phi) is 20.9. The highest BCUT2D eigenvalue weighted by atomic mass is 16.2.